The molecule has 0 spiro atoms. The minimum atomic E-state index is -0.0921. The molecule has 0 N–H and O–H groups in total. The molecule has 0 saturated carbocycles. The Hall–Kier alpha value is -1.67. The molecule has 0 atom stereocenters. The first-order chi connectivity index (χ1) is 16.3. The second-order valence-electron chi connectivity index (χ2n) is 10.0. The molecule has 2 aliphatic rings. The van der Waals surface area contributed by atoms with E-state index >= 15 is 0 Å². The minimum absolute atomic E-state index is 0.0125. The van der Waals surface area contributed by atoms with Crippen molar-refractivity contribution in [1.82, 2.24) is 14.7 Å². The standard InChI is InChI=1S/C26H41ClN4O3/c1-20(2)29-10-5-11-31(26(33)19-34-4)24-17-23(27)7-6-22(24)18-30(15-14-29)25(32)16-21-8-12-28(3)13-9-21/h6-7,17,20-21H,5,8-16,18-19H2,1-4H3. The van der Waals surface area contributed by atoms with Gasteiger partial charge >= 0.3 is 0 Å². The van der Waals surface area contributed by atoms with Gasteiger partial charge in [-0.15, -0.1) is 0 Å². The van der Waals surface area contributed by atoms with E-state index in [-0.39, 0.29) is 18.4 Å². The molecule has 0 unspecified atom stereocenters. The maximum absolute atomic E-state index is 13.5. The SMILES string of the molecule is COCC(=O)N1CCCN(C(C)C)CCN(C(=O)CC2CCN(C)CC2)Cc2ccc(Cl)cc21. The third-order valence-electron chi connectivity index (χ3n) is 7.14. The summed E-state index contributed by atoms with van der Waals surface area (Å²) in [6.45, 7) is 9.92. The van der Waals surface area contributed by atoms with E-state index in [9.17, 15) is 9.59 Å². The number of nitrogens with zero attached hydrogens (tertiary/aromatic N) is 4. The van der Waals surface area contributed by atoms with Crippen LogP contribution in [-0.2, 0) is 20.9 Å². The molecule has 0 aromatic heterocycles. The number of carbonyl (C=O) groups is 2. The van der Waals surface area contributed by atoms with Crippen LogP contribution in [0, 0.1) is 5.92 Å². The van der Waals surface area contributed by atoms with E-state index in [0.29, 0.717) is 43.0 Å². The lowest BCUT2D eigenvalue weighted by atomic mass is 9.93. The monoisotopic (exact) mass is 492 g/mol. The number of halogens is 1. The van der Waals surface area contributed by atoms with Gasteiger partial charge in [-0.25, -0.2) is 0 Å². The Morgan fingerprint density at radius 3 is 2.47 bits per heavy atom. The minimum Gasteiger partial charge on any atom is -0.375 e. The van der Waals surface area contributed by atoms with Crippen LogP contribution < -0.4 is 4.90 Å². The zero-order valence-corrected chi connectivity index (χ0v) is 22.0. The number of methoxy groups -OCH3 is 1. The summed E-state index contributed by atoms with van der Waals surface area (Å²) in [5, 5.41) is 0.580. The summed E-state index contributed by atoms with van der Waals surface area (Å²) in [6.07, 6.45) is 3.56. The number of ether oxygens (including phenoxy) is 1. The molecular formula is C26H41ClN4O3. The number of benzene rings is 1. The van der Waals surface area contributed by atoms with Crippen molar-refractivity contribution >= 4 is 29.1 Å². The molecule has 2 amide bonds. The Bertz CT molecular complexity index is 826. The average molecular weight is 493 g/mol. The van der Waals surface area contributed by atoms with Crippen LogP contribution in [0.4, 0.5) is 5.69 Å². The van der Waals surface area contributed by atoms with E-state index in [1.54, 1.807) is 4.90 Å². The Morgan fingerprint density at radius 1 is 1.06 bits per heavy atom. The number of carbonyl (C=O) groups excluding carboxylic acids is 2. The van der Waals surface area contributed by atoms with Crippen molar-refractivity contribution in [3.8, 4) is 0 Å². The van der Waals surface area contributed by atoms with Gasteiger partial charge in [0, 0.05) is 57.3 Å². The molecular weight excluding hydrogens is 452 g/mol. The van der Waals surface area contributed by atoms with E-state index < -0.39 is 0 Å². The van der Waals surface area contributed by atoms with E-state index in [1.165, 1.54) is 7.11 Å². The van der Waals surface area contributed by atoms with Crippen molar-refractivity contribution in [2.45, 2.75) is 52.1 Å². The van der Waals surface area contributed by atoms with Crippen molar-refractivity contribution < 1.29 is 14.3 Å². The average Bonchev–Trinajstić information content (AvgIpc) is 2.83. The highest BCUT2D eigenvalue weighted by Gasteiger charge is 2.27. The van der Waals surface area contributed by atoms with Crippen LogP contribution in [0.25, 0.3) is 0 Å². The highest BCUT2D eigenvalue weighted by molar-refractivity contribution is 6.31. The van der Waals surface area contributed by atoms with Gasteiger partial charge in [-0.05, 0) is 76.9 Å². The van der Waals surface area contributed by atoms with Gasteiger partial charge < -0.3 is 19.4 Å². The Morgan fingerprint density at radius 2 is 1.79 bits per heavy atom. The van der Waals surface area contributed by atoms with Crippen LogP contribution >= 0.6 is 11.6 Å². The van der Waals surface area contributed by atoms with Crippen molar-refractivity contribution in [2.24, 2.45) is 5.92 Å². The van der Waals surface area contributed by atoms with Gasteiger partial charge in [0.2, 0.25) is 5.91 Å². The fourth-order valence-corrected chi connectivity index (χ4v) is 5.12. The number of hydrogen-bond donors (Lipinski definition) is 0. The van der Waals surface area contributed by atoms with E-state index in [1.807, 2.05) is 23.1 Å². The maximum Gasteiger partial charge on any atom is 0.252 e. The van der Waals surface area contributed by atoms with Gasteiger partial charge in [0.05, 0.1) is 5.69 Å². The molecule has 1 saturated heterocycles. The van der Waals surface area contributed by atoms with Crippen LogP contribution in [-0.4, -0.2) is 92.6 Å². The number of amides is 2. The molecule has 1 fully saturated rings. The molecule has 2 aliphatic heterocycles. The molecule has 1 aromatic rings. The highest BCUT2D eigenvalue weighted by atomic mass is 35.5. The van der Waals surface area contributed by atoms with Crippen molar-refractivity contribution in [1.29, 1.82) is 0 Å². The van der Waals surface area contributed by atoms with Gasteiger partial charge in [0.15, 0.2) is 0 Å². The van der Waals surface area contributed by atoms with E-state index in [2.05, 4.69) is 30.7 Å². The maximum atomic E-state index is 13.5. The number of rotatable bonds is 5. The first-order valence-electron chi connectivity index (χ1n) is 12.6. The number of anilines is 1. The summed E-state index contributed by atoms with van der Waals surface area (Å²) < 4.78 is 5.16. The third kappa shape index (κ3) is 7.41. The van der Waals surface area contributed by atoms with Gasteiger partial charge in [-0.1, -0.05) is 17.7 Å². The van der Waals surface area contributed by atoms with Crippen LogP contribution in [0.3, 0.4) is 0 Å². The van der Waals surface area contributed by atoms with E-state index in [0.717, 1.165) is 56.7 Å². The lowest BCUT2D eigenvalue weighted by Crippen LogP contribution is -2.42. The fourth-order valence-electron chi connectivity index (χ4n) is 4.95. The van der Waals surface area contributed by atoms with Gasteiger partial charge in [0.1, 0.15) is 6.61 Å². The topological polar surface area (TPSA) is 56.3 Å². The number of fused-ring (bicyclic) bond motifs is 1. The third-order valence-corrected chi connectivity index (χ3v) is 7.37. The summed E-state index contributed by atoms with van der Waals surface area (Å²) in [7, 11) is 3.68. The van der Waals surface area contributed by atoms with Crippen molar-refractivity contribution in [3.05, 3.63) is 28.8 Å². The molecule has 34 heavy (non-hydrogen) atoms. The Kier molecular flexibility index (Phi) is 10.2. The molecule has 2 heterocycles. The second kappa shape index (κ2) is 12.9. The zero-order valence-electron chi connectivity index (χ0n) is 21.3. The van der Waals surface area contributed by atoms with E-state index in [4.69, 9.17) is 16.3 Å². The van der Waals surface area contributed by atoms with Crippen LogP contribution in [0.15, 0.2) is 18.2 Å². The molecule has 0 radical (unpaired) electrons. The number of piperidine rings is 1. The van der Waals surface area contributed by atoms with Gasteiger partial charge in [0.25, 0.3) is 5.91 Å². The molecule has 8 heteroatoms. The normalized spacial score (nSPS) is 19.7. The molecule has 1 aromatic carbocycles. The second-order valence-corrected chi connectivity index (χ2v) is 10.4. The van der Waals surface area contributed by atoms with Crippen LogP contribution in [0.1, 0.15) is 45.1 Å². The quantitative estimate of drug-likeness (QED) is 0.629. The van der Waals surface area contributed by atoms with Gasteiger partial charge in [-0.3, -0.25) is 14.5 Å². The number of likely N-dealkylation sites (tertiary alicyclic amines) is 1. The first-order valence-corrected chi connectivity index (χ1v) is 12.9. The molecule has 0 aliphatic carbocycles. The van der Waals surface area contributed by atoms with Crippen molar-refractivity contribution in [2.75, 3.05) is 64.9 Å². The van der Waals surface area contributed by atoms with Crippen molar-refractivity contribution in [3.63, 3.8) is 0 Å². The Balaban J connectivity index is 1.89. The summed E-state index contributed by atoms with van der Waals surface area (Å²) in [6, 6.07) is 6.02. The zero-order chi connectivity index (χ0) is 24.7. The predicted molar refractivity (Wildman–Crippen MR) is 137 cm³/mol. The summed E-state index contributed by atoms with van der Waals surface area (Å²) in [4.78, 5) is 35.0. The molecule has 0 bridgehead atoms. The molecule has 3 rings (SSSR count). The highest BCUT2D eigenvalue weighted by Crippen LogP contribution is 2.29. The predicted octanol–water partition coefficient (Wildman–Crippen LogP) is 3.49. The first kappa shape index (κ1) is 26.9. The summed E-state index contributed by atoms with van der Waals surface area (Å²) >= 11 is 6.37. The summed E-state index contributed by atoms with van der Waals surface area (Å²) in [5.74, 6) is 0.547. The fraction of sp³-hybridized carbons (Fsp3) is 0.692. The van der Waals surface area contributed by atoms with Crippen LogP contribution in [0.2, 0.25) is 5.02 Å². The van der Waals surface area contributed by atoms with Gasteiger partial charge in [-0.2, -0.15) is 0 Å². The summed E-state index contributed by atoms with van der Waals surface area (Å²) in [5.41, 5.74) is 1.73. The lowest BCUT2D eigenvalue weighted by Gasteiger charge is -2.32. The largest absolute Gasteiger partial charge is 0.375 e. The number of hydrogen-bond acceptors (Lipinski definition) is 5. The smallest absolute Gasteiger partial charge is 0.252 e. The molecule has 7 nitrogen and oxygen atoms in total. The molecule has 190 valence electrons. The Labute approximate surface area is 209 Å². The lowest BCUT2D eigenvalue weighted by molar-refractivity contribution is -0.133. The van der Waals surface area contributed by atoms with Crippen LogP contribution in [0.5, 0.6) is 0 Å².